The van der Waals surface area contributed by atoms with Crippen molar-refractivity contribution < 1.29 is 4.39 Å². The summed E-state index contributed by atoms with van der Waals surface area (Å²) >= 11 is 0. The van der Waals surface area contributed by atoms with Crippen molar-refractivity contribution in [2.24, 2.45) is 0 Å². The van der Waals surface area contributed by atoms with Gasteiger partial charge in [0.1, 0.15) is 5.82 Å². The first-order valence-electron chi connectivity index (χ1n) is 6.55. The lowest BCUT2D eigenvalue weighted by Gasteiger charge is -2.13. The van der Waals surface area contributed by atoms with Crippen molar-refractivity contribution in [1.29, 1.82) is 0 Å². The lowest BCUT2D eigenvalue weighted by Crippen LogP contribution is -2.12. The minimum Gasteiger partial charge on any atom is -0.381 e. The van der Waals surface area contributed by atoms with E-state index in [1.807, 2.05) is 12.1 Å². The van der Waals surface area contributed by atoms with Crippen LogP contribution in [0.15, 0.2) is 42.5 Å². The van der Waals surface area contributed by atoms with Crippen LogP contribution in [-0.2, 0) is 13.0 Å². The molecule has 0 fully saturated rings. The summed E-state index contributed by atoms with van der Waals surface area (Å²) in [4.78, 5) is 2.28. The van der Waals surface area contributed by atoms with Gasteiger partial charge in [0, 0.05) is 31.5 Å². The average Bonchev–Trinajstić information content (AvgIpc) is 2.79. The van der Waals surface area contributed by atoms with E-state index in [-0.39, 0.29) is 5.82 Å². The molecule has 0 aromatic heterocycles. The molecule has 0 bridgehead atoms. The molecule has 0 radical (unpaired) electrons. The summed E-state index contributed by atoms with van der Waals surface area (Å²) < 4.78 is 12.8. The van der Waals surface area contributed by atoms with E-state index in [0.29, 0.717) is 0 Å². The molecular weight excluding hydrogens is 239 g/mol. The Balaban J connectivity index is 1.69. The fraction of sp³-hybridized carbons (Fsp3) is 0.250. The molecule has 1 aliphatic heterocycles. The maximum Gasteiger partial charge on any atom is 0.123 e. The van der Waals surface area contributed by atoms with Gasteiger partial charge >= 0.3 is 0 Å². The first-order chi connectivity index (χ1) is 9.22. The van der Waals surface area contributed by atoms with Crippen molar-refractivity contribution in [2.45, 2.75) is 13.0 Å². The summed E-state index contributed by atoms with van der Waals surface area (Å²) in [7, 11) is 2.12. The van der Waals surface area contributed by atoms with Gasteiger partial charge in [-0.05, 0) is 47.9 Å². The lowest BCUT2D eigenvalue weighted by atomic mass is 10.1. The minimum absolute atomic E-state index is 0.190. The van der Waals surface area contributed by atoms with E-state index in [4.69, 9.17) is 0 Å². The summed E-state index contributed by atoms with van der Waals surface area (Å²) in [5.41, 5.74) is 4.93. The molecule has 0 amide bonds. The van der Waals surface area contributed by atoms with E-state index in [9.17, 15) is 4.39 Å². The molecule has 98 valence electrons. The van der Waals surface area contributed by atoms with Crippen LogP contribution in [0.2, 0.25) is 0 Å². The van der Waals surface area contributed by atoms with Crippen LogP contribution in [0.4, 0.5) is 15.8 Å². The van der Waals surface area contributed by atoms with Crippen LogP contribution in [0.25, 0.3) is 0 Å². The van der Waals surface area contributed by atoms with Gasteiger partial charge in [-0.1, -0.05) is 12.1 Å². The quantitative estimate of drug-likeness (QED) is 0.905. The van der Waals surface area contributed by atoms with Crippen LogP contribution in [-0.4, -0.2) is 13.6 Å². The third-order valence-corrected chi connectivity index (χ3v) is 3.62. The summed E-state index contributed by atoms with van der Waals surface area (Å²) in [6, 6.07) is 13.1. The van der Waals surface area contributed by atoms with Crippen LogP contribution in [0.1, 0.15) is 11.1 Å². The largest absolute Gasteiger partial charge is 0.381 e. The highest BCUT2D eigenvalue weighted by molar-refractivity contribution is 5.63. The number of benzene rings is 2. The standard InChI is InChI=1S/C16H17FN2/c1-19-9-8-13-10-15(6-7-16(13)19)18-11-12-2-4-14(17)5-3-12/h2-7,10,18H,8-9,11H2,1H3. The molecule has 2 aromatic rings. The molecule has 0 unspecified atom stereocenters. The van der Waals surface area contributed by atoms with Gasteiger partial charge in [-0.2, -0.15) is 0 Å². The highest BCUT2D eigenvalue weighted by Crippen LogP contribution is 2.29. The van der Waals surface area contributed by atoms with Gasteiger partial charge in [0.2, 0.25) is 0 Å². The fourth-order valence-corrected chi connectivity index (χ4v) is 2.48. The second-order valence-corrected chi connectivity index (χ2v) is 5.00. The van der Waals surface area contributed by atoms with Crippen LogP contribution in [0, 0.1) is 5.82 Å². The molecule has 2 aromatic carbocycles. The second kappa shape index (κ2) is 4.92. The average molecular weight is 256 g/mol. The Morgan fingerprint density at radius 3 is 2.74 bits per heavy atom. The van der Waals surface area contributed by atoms with Gasteiger partial charge in [0.05, 0.1) is 0 Å². The molecule has 0 spiro atoms. The maximum absolute atomic E-state index is 12.8. The summed E-state index contributed by atoms with van der Waals surface area (Å²) in [5, 5.41) is 3.38. The van der Waals surface area contributed by atoms with Crippen LogP contribution >= 0.6 is 0 Å². The van der Waals surface area contributed by atoms with E-state index in [1.165, 1.54) is 23.4 Å². The number of fused-ring (bicyclic) bond motifs is 1. The SMILES string of the molecule is CN1CCc2cc(NCc3ccc(F)cc3)ccc21. The Morgan fingerprint density at radius 2 is 1.95 bits per heavy atom. The molecule has 1 aliphatic rings. The van der Waals surface area contributed by atoms with Gasteiger partial charge < -0.3 is 10.2 Å². The predicted octanol–water partition coefficient (Wildman–Crippen LogP) is 3.43. The fourth-order valence-electron chi connectivity index (χ4n) is 2.48. The Hall–Kier alpha value is -2.03. The zero-order chi connectivity index (χ0) is 13.2. The Kier molecular flexibility index (Phi) is 3.11. The Morgan fingerprint density at radius 1 is 1.16 bits per heavy atom. The molecule has 1 heterocycles. The summed E-state index contributed by atoms with van der Waals surface area (Å²) in [6.45, 7) is 1.81. The van der Waals surface area contributed by atoms with Crippen molar-refractivity contribution in [2.75, 3.05) is 23.8 Å². The monoisotopic (exact) mass is 256 g/mol. The van der Waals surface area contributed by atoms with E-state index in [0.717, 1.165) is 30.8 Å². The van der Waals surface area contributed by atoms with Gasteiger partial charge in [-0.3, -0.25) is 0 Å². The number of nitrogens with zero attached hydrogens (tertiary/aromatic N) is 1. The van der Waals surface area contributed by atoms with Crippen molar-refractivity contribution >= 4 is 11.4 Å². The number of rotatable bonds is 3. The number of halogens is 1. The summed E-state index contributed by atoms with van der Waals surface area (Å²) in [6.07, 6.45) is 1.11. The molecule has 1 N–H and O–H groups in total. The molecule has 19 heavy (non-hydrogen) atoms. The highest BCUT2D eigenvalue weighted by atomic mass is 19.1. The van der Waals surface area contributed by atoms with Crippen LogP contribution in [0.5, 0.6) is 0 Å². The van der Waals surface area contributed by atoms with E-state index >= 15 is 0 Å². The molecular formula is C16H17FN2. The Labute approximate surface area is 112 Å². The lowest BCUT2D eigenvalue weighted by molar-refractivity contribution is 0.627. The molecule has 3 heteroatoms. The van der Waals surface area contributed by atoms with E-state index in [1.54, 1.807) is 0 Å². The van der Waals surface area contributed by atoms with Gasteiger partial charge in [-0.15, -0.1) is 0 Å². The first kappa shape index (κ1) is 12.0. The molecule has 3 rings (SSSR count). The molecule has 0 atom stereocenters. The molecule has 2 nitrogen and oxygen atoms in total. The van der Waals surface area contributed by atoms with Crippen LogP contribution < -0.4 is 10.2 Å². The van der Waals surface area contributed by atoms with Crippen molar-refractivity contribution in [3.05, 3.63) is 59.4 Å². The van der Waals surface area contributed by atoms with E-state index in [2.05, 4.69) is 35.5 Å². The van der Waals surface area contributed by atoms with Gasteiger partial charge in [0.25, 0.3) is 0 Å². The number of nitrogens with one attached hydrogen (secondary N) is 1. The zero-order valence-corrected chi connectivity index (χ0v) is 11.0. The number of likely N-dealkylation sites (N-methyl/N-ethyl adjacent to an activating group) is 1. The number of anilines is 2. The minimum atomic E-state index is -0.190. The number of hydrogen-bond donors (Lipinski definition) is 1. The van der Waals surface area contributed by atoms with Crippen LogP contribution in [0.3, 0.4) is 0 Å². The van der Waals surface area contributed by atoms with Crippen molar-refractivity contribution in [3.8, 4) is 0 Å². The van der Waals surface area contributed by atoms with Crippen molar-refractivity contribution in [1.82, 2.24) is 0 Å². The third kappa shape index (κ3) is 2.55. The Bertz CT molecular complexity index is 578. The maximum atomic E-state index is 12.8. The topological polar surface area (TPSA) is 15.3 Å². The number of hydrogen-bond acceptors (Lipinski definition) is 2. The first-order valence-corrected chi connectivity index (χ1v) is 6.55. The van der Waals surface area contributed by atoms with Gasteiger partial charge in [-0.25, -0.2) is 4.39 Å². The second-order valence-electron chi connectivity index (χ2n) is 5.00. The highest BCUT2D eigenvalue weighted by Gasteiger charge is 2.15. The summed E-state index contributed by atoms with van der Waals surface area (Å²) in [5.74, 6) is -0.190. The van der Waals surface area contributed by atoms with Gasteiger partial charge in [0.15, 0.2) is 0 Å². The normalized spacial score (nSPS) is 13.5. The molecule has 0 saturated carbocycles. The van der Waals surface area contributed by atoms with E-state index < -0.39 is 0 Å². The third-order valence-electron chi connectivity index (χ3n) is 3.62. The smallest absolute Gasteiger partial charge is 0.123 e. The van der Waals surface area contributed by atoms with Crippen molar-refractivity contribution in [3.63, 3.8) is 0 Å². The molecule has 0 aliphatic carbocycles. The molecule has 0 saturated heterocycles. The zero-order valence-electron chi connectivity index (χ0n) is 11.0. The predicted molar refractivity (Wildman–Crippen MR) is 77.1 cm³/mol.